The van der Waals surface area contributed by atoms with Crippen molar-refractivity contribution in [2.45, 2.75) is 6.92 Å². The number of pyridine rings is 1. The molecule has 2 heterocycles. The summed E-state index contributed by atoms with van der Waals surface area (Å²) in [6, 6.07) is 5.16. The summed E-state index contributed by atoms with van der Waals surface area (Å²) in [6.45, 7) is 1.88. The van der Waals surface area contributed by atoms with Crippen LogP contribution in [0.25, 0.3) is 0 Å². The van der Waals surface area contributed by atoms with Crippen molar-refractivity contribution in [2.75, 3.05) is 0 Å². The van der Waals surface area contributed by atoms with Crippen molar-refractivity contribution in [2.24, 2.45) is 5.73 Å². The van der Waals surface area contributed by atoms with Crippen molar-refractivity contribution in [3.8, 4) is 11.6 Å². The Hall–Kier alpha value is -2.50. The van der Waals surface area contributed by atoms with Gasteiger partial charge in [0, 0.05) is 5.69 Å². The third-order valence-corrected chi connectivity index (χ3v) is 2.08. The van der Waals surface area contributed by atoms with Crippen molar-refractivity contribution in [3.63, 3.8) is 0 Å². The normalized spacial score (nSPS) is 9.94. The van der Waals surface area contributed by atoms with Gasteiger partial charge < -0.3 is 10.5 Å². The van der Waals surface area contributed by atoms with Crippen LogP contribution >= 0.6 is 0 Å². The Labute approximate surface area is 98.0 Å². The van der Waals surface area contributed by atoms with E-state index in [1.54, 1.807) is 18.3 Å². The minimum Gasteiger partial charge on any atom is -0.435 e. The summed E-state index contributed by atoms with van der Waals surface area (Å²) >= 11 is 0. The first kappa shape index (κ1) is 11.0. The molecule has 0 aliphatic carbocycles. The minimum absolute atomic E-state index is 0.116. The Kier molecular flexibility index (Phi) is 2.95. The molecule has 0 aliphatic heterocycles. The van der Waals surface area contributed by atoms with E-state index in [0.29, 0.717) is 11.3 Å². The first-order valence-corrected chi connectivity index (χ1v) is 4.93. The number of nitrogens with one attached hydrogen (secondary N) is 1. The quantitative estimate of drug-likeness (QED) is 0.609. The molecule has 6 heteroatoms. The Morgan fingerprint density at radius 3 is 2.82 bits per heavy atom. The molecule has 0 bridgehead atoms. The topological polar surface area (TPSA) is 97.8 Å². The predicted octanol–water partition coefficient (Wildman–Crippen LogP) is 1.26. The molecule has 0 saturated heterocycles. The number of aromatic nitrogens is 3. The predicted molar refractivity (Wildman–Crippen MR) is 62.1 cm³/mol. The summed E-state index contributed by atoms with van der Waals surface area (Å²) in [5, 5.41) is 14.9. The zero-order valence-electron chi connectivity index (χ0n) is 9.21. The van der Waals surface area contributed by atoms with Gasteiger partial charge in [-0.15, -0.1) is 5.10 Å². The molecule has 0 fully saturated rings. The van der Waals surface area contributed by atoms with E-state index in [1.165, 1.54) is 6.20 Å². The maximum Gasteiger partial charge on any atom is 0.249 e. The first-order valence-electron chi connectivity index (χ1n) is 4.93. The smallest absolute Gasteiger partial charge is 0.249 e. The number of hydrogen-bond acceptors (Lipinski definition) is 5. The fraction of sp³-hybridized carbons (Fsp3) is 0.0909. The zero-order chi connectivity index (χ0) is 12.3. The highest BCUT2D eigenvalue weighted by molar-refractivity contribution is 5.96. The number of nitrogen functional groups attached to an aromatic ring is 1. The van der Waals surface area contributed by atoms with Gasteiger partial charge in [-0.2, -0.15) is 5.10 Å². The van der Waals surface area contributed by atoms with Crippen LogP contribution in [0.4, 0.5) is 0 Å². The van der Waals surface area contributed by atoms with E-state index in [2.05, 4.69) is 15.2 Å². The van der Waals surface area contributed by atoms with Crippen LogP contribution in [0.2, 0.25) is 0 Å². The molecule has 3 N–H and O–H groups in total. The van der Waals surface area contributed by atoms with Gasteiger partial charge in [0.25, 0.3) is 0 Å². The van der Waals surface area contributed by atoms with Crippen molar-refractivity contribution in [1.82, 2.24) is 15.2 Å². The number of ether oxygens (including phenoxy) is 1. The maximum absolute atomic E-state index is 7.39. The van der Waals surface area contributed by atoms with Crippen LogP contribution < -0.4 is 10.5 Å². The first-order chi connectivity index (χ1) is 8.16. The zero-order valence-corrected chi connectivity index (χ0v) is 9.21. The lowest BCUT2D eigenvalue weighted by atomic mass is 10.3. The molecule has 6 nitrogen and oxygen atoms in total. The molecule has 2 aromatic heterocycles. The van der Waals surface area contributed by atoms with Gasteiger partial charge in [0.05, 0.1) is 18.0 Å². The molecule has 0 atom stereocenters. The van der Waals surface area contributed by atoms with Crippen molar-refractivity contribution in [1.29, 1.82) is 5.41 Å². The van der Waals surface area contributed by atoms with Crippen molar-refractivity contribution < 1.29 is 4.74 Å². The third kappa shape index (κ3) is 2.54. The highest BCUT2D eigenvalue weighted by Crippen LogP contribution is 2.20. The number of amidine groups is 1. The SMILES string of the molecule is Cc1ccc(Oc2nnccc2C(=N)N)cn1. The largest absolute Gasteiger partial charge is 0.435 e. The summed E-state index contributed by atoms with van der Waals surface area (Å²) in [7, 11) is 0. The molecule has 0 spiro atoms. The molecule has 0 radical (unpaired) electrons. The minimum atomic E-state index is -0.116. The molecule has 0 aliphatic rings. The second-order valence-corrected chi connectivity index (χ2v) is 3.40. The molecule has 86 valence electrons. The Bertz CT molecular complexity index is 538. The number of nitrogens with two attached hydrogens (primary N) is 1. The summed E-state index contributed by atoms with van der Waals surface area (Å²) in [6.07, 6.45) is 3.03. The second kappa shape index (κ2) is 4.56. The van der Waals surface area contributed by atoms with Crippen LogP contribution in [-0.4, -0.2) is 21.0 Å². The highest BCUT2D eigenvalue weighted by atomic mass is 16.5. The Balaban J connectivity index is 2.30. The van der Waals surface area contributed by atoms with Gasteiger partial charge in [-0.05, 0) is 25.1 Å². The van der Waals surface area contributed by atoms with Crippen LogP contribution in [0.1, 0.15) is 11.3 Å². The fourth-order valence-electron chi connectivity index (χ4n) is 1.23. The average molecular weight is 229 g/mol. The molecule has 2 rings (SSSR count). The molecule has 2 aromatic rings. The van der Waals surface area contributed by atoms with Crippen LogP contribution in [0.5, 0.6) is 11.6 Å². The molecular formula is C11H11N5O. The van der Waals surface area contributed by atoms with Crippen LogP contribution in [0.15, 0.2) is 30.6 Å². The van der Waals surface area contributed by atoms with E-state index >= 15 is 0 Å². The summed E-state index contributed by atoms with van der Waals surface area (Å²) in [5.41, 5.74) is 6.71. The molecule has 17 heavy (non-hydrogen) atoms. The van der Waals surface area contributed by atoms with Gasteiger partial charge in [0.15, 0.2) is 0 Å². The molecular weight excluding hydrogens is 218 g/mol. The summed E-state index contributed by atoms with van der Waals surface area (Å²) in [5.74, 6) is 0.610. The van der Waals surface area contributed by atoms with Gasteiger partial charge in [0.2, 0.25) is 5.88 Å². The van der Waals surface area contributed by atoms with E-state index in [4.69, 9.17) is 15.9 Å². The van der Waals surface area contributed by atoms with Crippen LogP contribution in [-0.2, 0) is 0 Å². The number of rotatable bonds is 3. The number of hydrogen-bond donors (Lipinski definition) is 2. The van der Waals surface area contributed by atoms with Gasteiger partial charge >= 0.3 is 0 Å². The molecule has 0 saturated carbocycles. The van der Waals surface area contributed by atoms with Gasteiger partial charge in [-0.1, -0.05) is 0 Å². The van der Waals surface area contributed by atoms with Crippen LogP contribution in [0, 0.1) is 12.3 Å². The van der Waals surface area contributed by atoms with Gasteiger partial charge in [-0.25, -0.2) is 0 Å². The van der Waals surface area contributed by atoms with E-state index < -0.39 is 0 Å². The van der Waals surface area contributed by atoms with Gasteiger partial charge in [-0.3, -0.25) is 10.4 Å². The van der Waals surface area contributed by atoms with Crippen LogP contribution in [0.3, 0.4) is 0 Å². The lowest BCUT2D eigenvalue weighted by Gasteiger charge is -2.07. The second-order valence-electron chi connectivity index (χ2n) is 3.40. The Morgan fingerprint density at radius 2 is 2.18 bits per heavy atom. The van der Waals surface area contributed by atoms with E-state index in [-0.39, 0.29) is 11.7 Å². The number of aryl methyl sites for hydroxylation is 1. The van der Waals surface area contributed by atoms with Crippen molar-refractivity contribution in [3.05, 3.63) is 41.9 Å². The lowest BCUT2D eigenvalue weighted by Crippen LogP contribution is -2.13. The highest BCUT2D eigenvalue weighted by Gasteiger charge is 2.09. The van der Waals surface area contributed by atoms with E-state index in [1.807, 2.05) is 13.0 Å². The standard InChI is InChI=1S/C11H11N5O/c1-7-2-3-8(6-14-7)17-11-9(10(12)13)4-5-15-16-11/h2-6H,1H3,(H3,12,13). The summed E-state index contributed by atoms with van der Waals surface area (Å²) < 4.78 is 5.47. The summed E-state index contributed by atoms with van der Waals surface area (Å²) in [4.78, 5) is 4.09. The lowest BCUT2D eigenvalue weighted by molar-refractivity contribution is 0.451. The van der Waals surface area contributed by atoms with E-state index in [0.717, 1.165) is 5.69 Å². The molecule has 0 unspecified atom stereocenters. The average Bonchev–Trinajstić information content (AvgIpc) is 2.32. The Morgan fingerprint density at radius 1 is 1.35 bits per heavy atom. The number of nitrogens with zero attached hydrogens (tertiary/aromatic N) is 3. The monoisotopic (exact) mass is 229 g/mol. The maximum atomic E-state index is 7.39. The van der Waals surface area contributed by atoms with Gasteiger partial charge in [0.1, 0.15) is 11.6 Å². The molecule has 0 aromatic carbocycles. The van der Waals surface area contributed by atoms with E-state index in [9.17, 15) is 0 Å². The van der Waals surface area contributed by atoms with Crippen molar-refractivity contribution >= 4 is 5.84 Å². The molecule has 0 amide bonds. The fourth-order valence-corrected chi connectivity index (χ4v) is 1.23. The third-order valence-electron chi connectivity index (χ3n) is 2.08.